The molecule has 0 aliphatic rings. The summed E-state index contributed by atoms with van der Waals surface area (Å²) in [4.78, 5) is 11.2. The van der Waals surface area contributed by atoms with E-state index in [1.54, 1.807) is 6.07 Å². The van der Waals surface area contributed by atoms with Crippen molar-refractivity contribution in [3.05, 3.63) is 75.4 Å². The second-order valence-corrected chi connectivity index (χ2v) is 4.16. The summed E-state index contributed by atoms with van der Waals surface area (Å²) < 4.78 is 0. The summed E-state index contributed by atoms with van der Waals surface area (Å²) in [6, 6.07) is 14.6. The lowest BCUT2D eigenvalue weighted by molar-refractivity contribution is 0.470. The van der Waals surface area contributed by atoms with Gasteiger partial charge in [0.25, 0.3) is 0 Å². The van der Waals surface area contributed by atoms with Crippen LogP contribution in [0.5, 0.6) is 5.75 Å². The highest BCUT2D eigenvalue weighted by Crippen LogP contribution is 2.12. The fourth-order valence-electron chi connectivity index (χ4n) is 1.69. The number of rotatable bonds is 2. The van der Waals surface area contributed by atoms with E-state index in [1.807, 2.05) is 13.0 Å². The predicted molar refractivity (Wildman–Crippen MR) is 68.4 cm³/mol. The Balaban J connectivity index is 2.31. The van der Waals surface area contributed by atoms with Crippen molar-refractivity contribution in [3.63, 3.8) is 0 Å². The van der Waals surface area contributed by atoms with Gasteiger partial charge in [-0.1, -0.05) is 42.0 Å². The lowest BCUT2D eigenvalue weighted by Crippen LogP contribution is -1.92. The first-order valence-corrected chi connectivity index (χ1v) is 5.53. The predicted octanol–water partition coefficient (Wildman–Crippen LogP) is 2.65. The summed E-state index contributed by atoms with van der Waals surface area (Å²) in [5.41, 5.74) is 2.96. The van der Waals surface area contributed by atoms with Crippen LogP contribution in [-0.2, 0) is 6.42 Å². The Bertz CT molecular complexity index is 571. The van der Waals surface area contributed by atoms with Gasteiger partial charge >= 0.3 is 0 Å². The fraction of sp³-hybridized carbons (Fsp3) is 0.133. The first kappa shape index (κ1) is 11.4. The summed E-state index contributed by atoms with van der Waals surface area (Å²) >= 11 is 0. The molecule has 0 radical (unpaired) electrons. The molecule has 2 nitrogen and oxygen atoms in total. The Hall–Kier alpha value is -2.09. The average Bonchev–Trinajstić information content (AvgIpc) is 2.45. The highest BCUT2D eigenvalue weighted by molar-refractivity contribution is 5.31. The maximum atomic E-state index is 11.2. The Morgan fingerprint density at radius 2 is 1.71 bits per heavy atom. The van der Waals surface area contributed by atoms with E-state index in [4.69, 9.17) is 0 Å². The van der Waals surface area contributed by atoms with E-state index < -0.39 is 0 Å². The molecule has 86 valence electrons. The van der Waals surface area contributed by atoms with Gasteiger partial charge in [0.05, 0.1) is 0 Å². The molecule has 0 bridgehead atoms. The van der Waals surface area contributed by atoms with Crippen LogP contribution < -0.4 is 5.43 Å². The van der Waals surface area contributed by atoms with Gasteiger partial charge in [0.15, 0.2) is 5.75 Å². The molecule has 1 N–H and O–H groups in total. The van der Waals surface area contributed by atoms with Gasteiger partial charge in [0.2, 0.25) is 5.43 Å². The zero-order valence-corrected chi connectivity index (χ0v) is 9.68. The second-order valence-electron chi connectivity index (χ2n) is 4.16. The Kier molecular flexibility index (Phi) is 3.24. The molecule has 0 spiro atoms. The zero-order chi connectivity index (χ0) is 12.3. The fourth-order valence-corrected chi connectivity index (χ4v) is 1.69. The molecule has 0 unspecified atom stereocenters. The Labute approximate surface area is 100 Å². The molecule has 0 aliphatic carbocycles. The highest BCUT2D eigenvalue weighted by Gasteiger charge is 1.98. The molecule has 17 heavy (non-hydrogen) atoms. The van der Waals surface area contributed by atoms with Gasteiger partial charge in [-0.2, -0.15) is 0 Å². The van der Waals surface area contributed by atoms with Crippen molar-refractivity contribution in [2.45, 2.75) is 13.3 Å². The molecule has 0 fully saturated rings. The van der Waals surface area contributed by atoms with Gasteiger partial charge in [0, 0.05) is 0 Å². The van der Waals surface area contributed by atoms with Gasteiger partial charge in [-0.05, 0) is 36.6 Å². The minimum Gasteiger partial charge on any atom is -0.504 e. The van der Waals surface area contributed by atoms with Crippen LogP contribution in [0.3, 0.4) is 0 Å². The number of benzene rings is 1. The molecular formula is C15H14O2. The first-order chi connectivity index (χ1) is 8.15. The third-order valence-corrected chi connectivity index (χ3v) is 2.66. The van der Waals surface area contributed by atoms with E-state index in [0.717, 1.165) is 11.1 Å². The van der Waals surface area contributed by atoms with Crippen molar-refractivity contribution in [1.82, 2.24) is 0 Å². The van der Waals surface area contributed by atoms with E-state index >= 15 is 0 Å². The van der Waals surface area contributed by atoms with Gasteiger partial charge < -0.3 is 5.11 Å². The van der Waals surface area contributed by atoms with Crippen LogP contribution in [0, 0.1) is 6.92 Å². The highest BCUT2D eigenvalue weighted by atomic mass is 16.3. The summed E-state index contributed by atoms with van der Waals surface area (Å²) in [6.45, 7) is 2.04. The van der Waals surface area contributed by atoms with Gasteiger partial charge in [-0.25, -0.2) is 0 Å². The molecule has 0 aromatic heterocycles. The second kappa shape index (κ2) is 4.83. The van der Waals surface area contributed by atoms with E-state index in [1.165, 1.54) is 17.7 Å². The number of aryl methyl sites for hydroxylation is 1. The SMILES string of the molecule is Cc1ccc(Cc2cccc(=O)c(O)c2)cc1. The molecule has 0 saturated carbocycles. The van der Waals surface area contributed by atoms with E-state index in [9.17, 15) is 9.90 Å². The van der Waals surface area contributed by atoms with Crippen LogP contribution in [0.1, 0.15) is 16.7 Å². The van der Waals surface area contributed by atoms with Crippen molar-refractivity contribution in [1.29, 1.82) is 0 Å². The van der Waals surface area contributed by atoms with Crippen LogP contribution in [-0.4, -0.2) is 5.11 Å². The molecular weight excluding hydrogens is 212 g/mol. The molecule has 0 atom stereocenters. The van der Waals surface area contributed by atoms with E-state index in [-0.39, 0.29) is 11.2 Å². The summed E-state index contributed by atoms with van der Waals surface area (Å²) in [6.07, 6.45) is 0.710. The minimum atomic E-state index is -0.347. The lowest BCUT2D eigenvalue weighted by atomic mass is 10.1. The molecule has 0 amide bonds. The van der Waals surface area contributed by atoms with Gasteiger partial charge in [-0.3, -0.25) is 4.79 Å². The van der Waals surface area contributed by atoms with Gasteiger partial charge in [0.1, 0.15) is 0 Å². The number of hydrogen-bond acceptors (Lipinski definition) is 2. The zero-order valence-electron chi connectivity index (χ0n) is 9.68. The third kappa shape index (κ3) is 2.94. The Morgan fingerprint density at radius 3 is 2.41 bits per heavy atom. The lowest BCUT2D eigenvalue weighted by Gasteiger charge is -2.00. The van der Waals surface area contributed by atoms with E-state index in [0.29, 0.717) is 6.42 Å². The monoisotopic (exact) mass is 226 g/mol. The third-order valence-electron chi connectivity index (χ3n) is 2.66. The van der Waals surface area contributed by atoms with Crippen LogP contribution in [0.25, 0.3) is 0 Å². The van der Waals surface area contributed by atoms with Crippen molar-refractivity contribution in [2.75, 3.05) is 0 Å². The average molecular weight is 226 g/mol. The topological polar surface area (TPSA) is 37.3 Å². The molecule has 0 heterocycles. The molecule has 2 rings (SSSR count). The Morgan fingerprint density at radius 1 is 1.00 bits per heavy atom. The summed E-state index contributed by atoms with van der Waals surface area (Å²) in [7, 11) is 0. The van der Waals surface area contributed by atoms with Crippen LogP contribution in [0.15, 0.2) is 53.3 Å². The molecule has 2 aromatic rings. The maximum Gasteiger partial charge on any atom is 0.220 e. The van der Waals surface area contributed by atoms with Crippen molar-refractivity contribution >= 4 is 0 Å². The summed E-state index contributed by atoms with van der Waals surface area (Å²) in [5, 5.41) is 9.47. The summed E-state index contributed by atoms with van der Waals surface area (Å²) in [5.74, 6) is -0.197. The number of aromatic hydroxyl groups is 1. The minimum absolute atomic E-state index is 0.197. The molecule has 2 heteroatoms. The van der Waals surface area contributed by atoms with Crippen LogP contribution in [0.4, 0.5) is 0 Å². The van der Waals surface area contributed by atoms with Crippen LogP contribution in [0.2, 0.25) is 0 Å². The van der Waals surface area contributed by atoms with Crippen molar-refractivity contribution in [2.24, 2.45) is 0 Å². The number of hydrogen-bond donors (Lipinski definition) is 1. The smallest absolute Gasteiger partial charge is 0.220 e. The van der Waals surface area contributed by atoms with Crippen LogP contribution >= 0.6 is 0 Å². The quantitative estimate of drug-likeness (QED) is 0.854. The molecule has 2 aromatic carbocycles. The van der Waals surface area contributed by atoms with Gasteiger partial charge in [-0.15, -0.1) is 0 Å². The van der Waals surface area contributed by atoms with Crippen molar-refractivity contribution < 1.29 is 5.11 Å². The normalized spacial score (nSPS) is 10.2. The first-order valence-electron chi connectivity index (χ1n) is 5.53. The maximum absolute atomic E-state index is 11.2. The van der Waals surface area contributed by atoms with E-state index in [2.05, 4.69) is 24.3 Å². The largest absolute Gasteiger partial charge is 0.504 e. The van der Waals surface area contributed by atoms with Crippen molar-refractivity contribution in [3.8, 4) is 5.75 Å². The standard InChI is InChI=1S/C15H14O2/c1-11-5-7-12(8-6-11)9-13-3-2-4-14(16)15(17)10-13/h2-8,10H,9H2,1H3,(H,16,17). The molecule has 0 saturated heterocycles. The molecule has 0 aliphatic heterocycles.